The van der Waals surface area contributed by atoms with Crippen molar-refractivity contribution < 1.29 is 14.3 Å². The van der Waals surface area contributed by atoms with Gasteiger partial charge in [-0.15, -0.1) is 11.3 Å². The number of nitrogens with zero attached hydrogens (tertiary/aromatic N) is 2. The number of hydrogen-bond acceptors (Lipinski definition) is 6. The number of hydrogen-bond donors (Lipinski definition) is 1. The normalized spacial score (nSPS) is 20.4. The summed E-state index contributed by atoms with van der Waals surface area (Å²) in [5.41, 5.74) is 2.99. The summed E-state index contributed by atoms with van der Waals surface area (Å²) in [6.07, 6.45) is 6.33. The van der Waals surface area contributed by atoms with Crippen molar-refractivity contribution >= 4 is 22.2 Å². The predicted octanol–water partition coefficient (Wildman–Crippen LogP) is 4.05. The van der Waals surface area contributed by atoms with Gasteiger partial charge in [0, 0.05) is 10.9 Å². The van der Waals surface area contributed by atoms with E-state index >= 15 is 0 Å². The number of aryl methyl sites for hydroxylation is 1. The number of ether oxygens (including phenoxy) is 2. The Bertz CT molecular complexity index is 1010. The summed E-state index contributed by atoms with van der Waals surface area (Å²) in [5.74, 6) is 1.53. The van der Waals surface area contributed by atoms with Gasteiger partial charge in [0.15, 0.2) is 11.5 Å². The lowest BCUT2D eigenvalue weighted by atomic mass is 9.96. The van der Waals surface area contributed by atoms with Gasteiger partial charge in [0.1, 0.15) is 24.3 Å². The van der Waals surface area contributed by atoms with Crippen molar-refractivity contribution in [2.75, 3.05) is 31.6 Å². The molecule has 1 aromatic carbocycles. The Labute approximate surface area is 180 Å². The molecule has 0 saturated carbocycles. The highest BCUT2D eigenvalue weighted by Crippen LogP contribution is 2.39. The van der Waals surface area contributed by atoms with Gasteiger partial charge in [-0.25, -0.2) is 0 Å². The Morgan fingerprint density at radius 3 is 2.90 bits per heavy atom. The number of fused-ring (bicyclic) bond motifs is 2. The molecular weight excluding hydrogens is 398 g/mol. The Morgan fingerprint density at radius 1 is 1.20 bits per heavy atom. The summed E-state index contributed by atoms with van der Waals surface area (Å²) >= 11 is 1.58. The van der Waals surface area contributed by atoms with Gasteiger partial charge in [-0.1, -0.05) is 6.07 Å². The molecule has 1 N–H and O–H groups in total. The van der Waals surface area contributed by atoms with Crippen LogP contribution in [-0.2, 0) is 17.6 Å². The second-order valence-corrected chi connectivity index (χ2v) is 9.21. The molecular formula is C23H25N3O3S. The van der Waals surface area contributed by atoms with Crippen LogP contribution in [0, 0.1) is 11.3 Å². The third-order valence-corrected chi connectivity index (χ3v) is 7.40. The van der Waals surface area contributed by atoms with E-state index in [-0.39, 0.29) is 11.9 Å². The van der Waals surface area contributed by atoms with Crippen LogP contribution in [0.25, 0.3) is 0 Å². The molecule has 156 valence electrons. The highest BCUT2D eigenvalue weighted by atomic mass is 32.1. The molecule has 0 bridgehead atoms. The molecule has 6 nitrogen and oxygen atoms in total. The number of nitrogens with one attached hydrogen (secondary N) is 1. The van der Waals surface area contributed by atoms with Gasteiger partial charge < -0.3 is 14.8 Å². The van der Waals surface area contributed by atoms with Gasteiger partial charge in [0.05, 0.1) is 12.1 Å². The van der Waals surface area contributed by atoms with E-state index in [2.05, 4.69) is 28.4 Å². The average molecular weight is 424 g/mol. The average Bonchev–Trinajstić information content (AvgIpc) is 3.37. The molecule has 1 aliphatic carbocycles. The van der Waals surface area contributed by atoms with Crippen molar-refractivity contribution in [3.63, 3.8) is 0 Å². The second kappa shape index (κ2) is 8.29. The lowest BCUT2D eigenvalue weighted by Crippen LogP contribution is -2.33. The minimum Gasteiger partial charge on any atom is -0.486 e. The molecule has 2 aromatic rings. The minimum atomic E-state index is -0.0467. The van der Waals surface area contributed by atoms with Crippen LogP contribution < -0.4 is 14.8 Å². The van der Waals surface area contributed by atoms with Gasteiger partial charge in [-0.3, -0.25) is 9.69 Å². The number of amides is 1. The fourth-order valence-corrected chi connectivity index (χ4v) is 6.04. The number of anilines is 1. The van der Waals surface area contributed by atoms with Crippen molar-refractivity contribution in [2.45, 2.75) is 44.6 Å². The van der Waals surface area contributed by atoms with Crippen LogP contribution in [0.2, 0.25) is 0 Å². The summed E-state index contributed by atoms with van der Waals surface area (Å²) in [7, 11) is 0. The molecule has 1 fully saturated rings. The lowest BCUT2D eigenvalue weighted by Gasteiger charge is -2.26. The summed E-state index contributed by atoms with van der Waals surface area (Å²) in [6.45, 7) is 2.36. The third kappa shape index (κ3) is 3.66. The fourth-order valence-electron chi connectivity index (χ4n) is 4.78. The summed E-state index contributed by atoms with van der Waals surface area (Å²) in [5, 5.41) is 13.4. The number of benzene rings is 1. The first-order valence-electron chi connectivity index (χ1n) is 10.7. The van der Waals surface area contributed by atoms with Crippen molar-refractivity contribution in [1.29, 1.82) is 5.26 Å². The Hall–Kier alpha value is -2.56. The quantitative estimate of drug-likeness (QED) is 0.803. The summed E-state index contributed by atoms with van der Waals surface area (Å²) in [6, 6.07) is 8.61. The van der Waals surface area contributed by atoms with Gasteiger partial charge in [0.2, 0.25) is 5.91 Å². The number of thiophene rings is 1. The molecule has 0 radical (unpaired) electrons. The highest BCUT2D eigenvalue weighted by Gasteiger charge is 2.29. The predicted molar refractivity (Wildman–Crippen MR) is 115 cm³/mol. The zero-order chi connectivity index (χ0) is 20.5. The number of likely N-dealkylation sites (tertiary alicyclic amines) is 1. The standard InChI is InChI=1S/C23H25N3O3S/c24-13-17-16-4-1-2-6-21(16)30-23(17)25-22(27)14-26-9-3-5-18(26)15-7-8-19-20(12-15)29-11-10-28-19/h7-8,12,18H,1-6,9-11,14H2,(H,25,27)/t18-/m1/s1. The van der Waals surface area contributed by atoms with Gasteiger partial charge in [-0.2, -0.15) is 5.26 Å². The Morgan fingerprint density at radius 2 is 2.03 bits per heavy atom. The molecule has 5 rings (SSSR count). The first kappa shape index (κ1) is 19.4. The smallest absolute Gasteiger partial charge is 0.239 e. The molecule has 3 heterocycles. The number of nitriles is 1. The fraction of sp³-hybridized carbons (Fsp3) is 0.478. The topological polar surface area (TPSA) is 74.6 Å². The van der Waals surface area contributed by atoms with Crippen LogP contribution in [0.1, 0.15) is 53.3 Å². The van der Waals surface area contributed by atoms with E-state index in [1.807, 2.05) is 6.07 Å². The molecule has 1 atom stereocenters. The Kier molecular flexibility index (Phi) is 5.36. The van der Waals surface area contributed by atoms with Crippen LogP contribution in [-0.4, -0.2) is 37.1 Å². The van der Waals surface area contributed by atoms with E-state index in [0.29, 0.717) is 25.3 Å². The van der Waals surface area contributed by atoms with E-state index in [1.54, 1.807) is 11.3 Å². The van der Waals surface area contributed by atoms with E-state index in [4.69, 9.17) is 9.47 Å². The third-order valence-electron chi connectivity index (χ3n) is 6.20. The molecule has 1 aromatic heterocycles. The molecule has 0 unspecified atom stereocenters. The van der Waals surface area contributed by atoms with Crippen molar-refractivity contribution in [3.8, 4) is 17.6 Å². The first-order valence-corrected chi connectivity index (χ1v) is 11.5. The largest absolute Gasteiger partial charge is 0.486 e. The highest BCUT2D eigenvalue weighted by molar-refractivity contribution is 7.16. The van der Waals surface area contributed by atoms with Gasteiger partial charge >= 0.3 is 0 Å². The monoisotopic (exact) mass is 423 g/mol. The summed E-state index contributed by atoms with van der Waals surface area (Å²) < 4.78 is 11.4. The van der Waals surface area contributed by atoms with Gasteiger partial charge in [-0.05, 0) is 68.3 Å². The van der Waals surface area contributed by atoms with Crippen molar-refractivity contribution in [2.24, 2.45) is 0 Å². The zero-order valence-electron chi connectivity index (χ0n) is 16.9. The first-order chi connectivity index (χ1) is 14.7. The molecule has 1 saturated heterocycles. The number of carbonyl (C=O) groups excluding carboxylic acids is 1. The van der Waals surface area contributed by atoms with E-state index in [9.17, 15) is 10.1 Å². The number of rotatable bonds is 4. The van der Waals surface area contributed by atoms with E-state index in [0.717, 1.165) is 72.7 Å². The van der Waals surface area contributed by atoms with E-state index < -0.39 is 0 Å². The molecule has 30 heavy (non-hydrogen) atoms. The van der Waals surface area contributed by atoms with Crippen molar-refractivity contribution in [3.05, 3.63) is 39.8 Å². The van der Waals surface area contributed by atoms with Crippen LogP contribution in [0.15, 0.2) is 18.2 Å². The maximum absolute atomic E-state index is 12.9. The zero-order valence-corrected chi connectivity index (χ0v) is 17.7. The molecule has 7 heteroatoms. The number of carbonyl (C=O) groups is 1. The van der Waals surface area contributed by atoms with Crippen molar-refractivity contribution in [1.82, 2.24) is 4.90 Å². The van der Waals surface area contributed by atoms with Crippen LogP contribution >= 0.6 is 11.3 Å². The second-order valence-electron chi connectivity index (χ2n) is 8.11. The Balaban J connectivity index is 1.29. The minimum absolute atomic E-state index is 0.0467. The van der Waals surface area contributed by atoms with Gasteiger partial charge in [0.25, 0.3) is 0 Å². The molecule has 2 aliphatic heterocycles. The molecule has 0 spiro atoms. The van der Waals surface area contributed by atoms with Crippen LogP contribution in [0.3, 0.4) is 0 Å². The summed E-state index contributed by atoms with van der Waals surface area (Å²) in [4.78, 5) is 16.3. The van der Waals surface area contributed by atoms with Crippen LogP contribution in [0.4, 0.5) is 5.00 Å². The lowest BCUT2D eigenvalue weighted by molar-refractivity contribution is -0.117. The maximum atomic E-state index is 12.9. The SMILES string of the molecule is N#Cc1c(NC(=O)CN2CCC[C@@H]2c2ccc3c(c2)OCCO3)sc2c1CCCC2. The molecule has 3 aliphatic rings. The maximum Gasteiger partial charge on any atom is 0.239 e. The van der Waals surface area contributed by atoms with E-state index in [1.165, 1.54) is 4.88 Å². The molecule has 1 amide bonds. The van der Waals surface area contributed by atoms with Crippen LogP contribution in [0.5, 0.6) is 11.5 Å².